The van der Waals surface area contributed by atoms with Crippen LogP contribution in [0.2, 0.25) is 0 Å². The molecule has 0 aliphatic carbocycles. The Morgan fingerprint density at radius 2 is 1.96 bits per heavy atom. The van der Waals surface area contributed by atoms with Crippen LogP contribution in [0.3, 0.4) is 0 Å². The molecule has 0 aromatic carbocycles. The van der Waals surface area contributed by atoms with Crippen LogP contribution in [0.4, 0.5) is 0 Å². The van der Waals surface area contributed by atoms with Crippen LogP contribution in [-0.4, -0.2) is 54.5 Å². The highest BCUT2D eigenvalue weighted by Crippen LogP contribution is 2.38. The summed E-state index contributed by atoms with van der Waals surface area (Å²) in [4.78, 5) is 42.7. The number of phosphoric acid groups is 1. The lowest BCUT2D eigenvalue weighted by Gasteiger charge is -2.19. The van der Waals surface area contributed by atoms with E-state index in [0.717, 1.165) is 4.57 Å². The van der Waals surface area contributed by atoms with E-state index in [9.17, 15) is 24.4 Å². The van der Waals surface area contributed by atoms with Gasteiger partial charge >= 0.3 is 13.5 Å². The summed E-state index contributed by atoms with van der Waals surface area (Å²) < 4.78 is 21.2. The molecule has 0 amide bonds. The average molecular weight is 529 g/mol. The molecule has 2 rings (SSSR count). The first-order valence-electron chi connectivity index (χ1n) is 5.94. The molecule has 1 aliphatic heterocycles. The summed E-state index contributed by atoms with van der Waals surface area (Å²) >= 11 is 4.65. The smallest absolute Gasteiger partial charge is 0.387 e. The lowest BCUT2D eigenvalue weighted by Crippen LogP contribution is -2.40. The van der Waals surface area contributed by atoms with E-state index >= 15 is 0 Å². The number of aromatic amines is 1. The van der Waals surface area contributed by atoms with Gasteiger partial charge in [-0.2, -0.15) is 0 Å². The van der Waals surface area contributed by atoms with E-state index < -0.39 is 50.2 Å². The minimum Gasteiger partial charge on any atom is -0.387 e. The largest absolute Gasteiger partial charge is 0.469 e. The van der Waals surface area contributed by atoms with Crippen molar-refractivity contribution >= 4 is 46.3 Å². The Kier molecular flexibility index (Phi) is 5.86. The topological polar surface area (TPSA) is 171 Å². The van der Waals surface area contributed by atoms with Crippen LogP contribution in [-0.2, 0) is 13.8 Å². The fourth-order valence-corrected chi connectivity index (χ4v) is 3.35. The Morgan fingerprint density at radius 3 is 2.52 bits per heavy atom. The number of halogens is 2. The number of aliphatic hydroxyl groups is 2. The molecule has 14 heteroatoms. The van der Waals surface area contributed by atoms with Crippen molar-refractivity contribution in [3.8, 4) is 0 Å². The van der Waals surface area contributed by atoms with E-state index in [1.807, 2.05) is 4.98 Å². The maximum Gasteiger partial charge on any atom is 0.469 e. The molecule has 23 heavy (non-hydrogen) atoms. The number of rotatable bonds is 4. The van der Waals surface area contributed by atoms with Gasteiger partial charge in [0, 0.05) is 0 Å². The Balaban J connectivity index is 2.32. The van der Waals surface area contributed by atoms with Gasteiger partial charge in [0.2, 0.25) is 0 Å². The average Bonchev–Trinajstić information content (AvgIpc) is 2.70. The van der Waals surface area contributed by atoms with E-state index in [0.29, 0.717) is 0 Å². The SMILES string of the molecule is O=c1[nH]c(=O)n([C@@H]2O[C@H](COP(=O)(O)O)C(O)C2O)c(I)c1Br. The minimum atomic E-state index is -4.79. The molecule has 0 radical (unpaired) electrons. The van der Waals surface area contributed by atoms with Gasteiger partial charge in [-0.15, -0.1) is 0 Å². The minimum absolute atomic E-state index is 0.0258. The molecular weight excluding hydrogens is 518 g/mol. The van der Waals surface area contributed by atoms with E-state index in [1.54, 1.807) is 22.6 Å². The second kappa shape index (κ2) is 7.01. The molecule has 0 bridgehead atoms. The zero-order valence-corrected chi connectivity index (χ0v) is 15.6. The van der Waals surface area contributed by atoms with Gasteiger partial charge < -0.3 is 24.7 Å². The van der Waals surface area contributed by atoms with Crippen molar-refractivity contribution in [2.45, 2.75) is 24.5 Å². The second-order valence-corrected chi connectivity index (χ2v) is 7.62. The summed E-state index contributed by atoms with van der Waals surface area (Å²) in [6.07, 6.45) is -5.79. The molecule has 130 valence electrons. The van der Waals surface area contributed by atoms with E-state index in [4.69, 9.17) is 14.5 Å². The quantitative estimate of drug-likeness (QED) is 0.180. The number of nitrogens with one attached hydrogen (secondary N) is 1. The fourth-order valence-electron chi connectivity index (χ4n) is 1.98. The van der Waals surface area contributed by atoms with E-state index in [1.165, 1.54) is 0 Å². The lowest BCUT2D eigenvalue weighted by molar-refractivity contribution is -0.0556. The standard InChI is InChI=1S/C9H11BrIN2O9P/c10-3-6(11)13(9(17)12-7(3)16)8-5(15)4(14)2(22-8)1-21-23(18,19)20/h2,4-5,8,14-15H,1H2,(H,12,16,17)(H2,18,19,20)/t2-,4?,5?,8-/m1/s1. The van der Waals surface area contributed by atoms with Crippen LogP contribution in [0.25, 0.3) is 0 Å². The molecule has 11 nitrogen and oxygen atoms in total. The third-order valence-electron chi connectivity index (χ3n) is 3.03. The number of aliphatic hydroxyl groups excluding tert-OH is 2. The predicted octanol–water partition coefficient (Wildman–Crippen LogP) is -1.37. The number of aromatic nitrogens is 2. The van der Waals surface area contributed by atoms with Crippen LogP contribution in [0.15, 0.2) is 14.1 Å². The number of nitrogens with zero attached hydrogens (tertiary/aromatic N) is 1. The molecular formula is C9H11BrIN2O9P. The van der Waals surface area contributed by atoms with E-state index in [-0.39, 0.29) is 8.17 Å². The van der Waals surface area contributed by atoms with Gasteiger partial charge in [0.05, 0.1) is 6.61 Å². The molecule has 2 unspecified atom stereocenters. The summed E-state index contributed by atoms with van der Waals surface area (Å²) in [6, 6.07) is 0. The van der Waals surface area contributed by atoms with Crippen LogP contribution in [0.5, 0.6) is 0 Å². The van der Waals surface area contributed by atoms with Crippen LogP contribution >= 0.6 is 46.3 Å². The van der Waals surface area contributed by atoms with Crippen molar-refractivity contribution in [1.82, 2.24) is 9.55 Å². The molecule has 5 N–H and O–H groups in total. The Morgan fingerprint density at radius 1 is 1.35 bits per heavy atom. The van der Waals surface area contributed by atoms with Crippen molar-refractivity contribution < 1.29 is 33.8 Å². The summed E-state index contributed by atoms with van der Waals surface area (Å²) in [5.74, 6) is 0. The first kappa shape index (κ1) is 19.2. The molecule has 0 saturated carbocycles. The number of hydrogen-bond acceptors (Lipinski definition) is 7. The highest BCUT2D eigenvalue weighted by molar-refractivity contribution is 14.1. The second-order valence-electron chi connectivity index (χ2n) is 4.57. The number of ether oxygens (including phenoxy) is 1. The Hall–Kier alpha value is -0.120. The van der Waals surface area contributed by atoms with Crippen LogP contribution in [0.1, 0.15) is 6.23 Å². The molecule has 1 aliphatic rings. The summed E-state index contributed by atoms with van der Waals surface area (Å²) in [5.41, 5.74) is -1.56. The number of phosphoric ester groups is 1. The monoisotopic (exact) mass is 528 g/mol. The molecule has 1 aromatic heterocycles. The highest BCUT2D eigenvalue weighted by atomic mass is 127. The molecule has 1 fully saturated rings. The molecule has 1 saturated heterocycles. The third kappa shape index (κ3) is 4.11. The normalized spacial score (nSPS) is 28.3. The van der Waals surface area contributed by atoms with Gasteiger partial charge in [-0.3, -0.25) is 18.9 Å². The maximum absolute atomic E-state index is 11.9. The summed E-state index contributed by atoms with van der Waals surface area (Å²) in [6.45, 7) is -0.700. The lowest BCUT2D eigenvalue weighted by atomic mass is 10.1. The molecule has 0 spiro atoms. The first-order chi connectivity index (χ1) is 10.5. The molecule has 2 heterocycles. The molecule has 1 aromatic rings. The zero-order chi connectivity index (χ0) is 17.5. The highest BCUT2D eigenvalue weighted by Gasteiger charge is 2.45. The van der Waals surface area contributed by atoms with Gasteiger partial charge in [0.1, 0.15) is 26.5 Å². The third-order valence-corrected chi connectivity index (χ3v) is 6.05. The van der Waals surface area contributed by atoms with Gasteiger partial charge in [0.25, 0.3) is 5.56 Å². The van der Waals surface area contributed by atoms with Crippen molar-refractivity contribution in [3.63, 3.8) is 0 Å². The van der Waals surface area contributed by atoms with E-state index in [2.05, 4.69) is 20.5 Å². The van der Waals surface area contributed by atoms with Gasteiger partial charge in [-0.25, -0.2) is 9.36 Å². The predicted molar refractivity (Wildman–Crippen MR) is 85.7 cm³/mol. The van der Waals surface area contributed by atoms with Gasteiger partial charge in [-0.05, 0) is 38.5 Å². The molecule has 4 atom stereocenters. The summed E-state index contributed by atoms with van der Waals surface area (Å²) in [5, 5.41) is 19.9. The van der Waals surface area contributed by atoms with Crippen molar-refractivity contribution in [2.75, 3.05) is 6.61 Å². The summed E-state index contributed by atoms with van der Waals surface area (Å²) in [7, 11) is -4.79. The maximum atomic E-state index is 11.9. The van der Waals surface area contributed by atoms with Crippen LogP contribution < -0.4 is 11.2 Å². The zero-order valence-electron chi connectivity index (χ0n) is 11.0. The Bertz CT molecular complexity index is 760. The number of H-pyrrole nitrogens is 1. The fraction of sp³-hybridized carbons (Fsp3) is 0.556. The van der Waals surface area contributed by atoms with Gasteiger partial charge in [-0.1, -0.05) is 0 Å². The van der Waals surface area contributed by atoms with Crippen molar-refractivity contribution in [3.05, 3.63) is 29.0 Å². The Labute approximate surface area is 149 Å². The number of hydrogen-bond donors (Lipinski definition) is 5. The van der Waals surface area contributed by atoms with Crippen molar-refractivity contribution in [2.24, 2.45) is 0 Å². The van der Waals surface area contributed by atoms with Gasteiger partial charge in [0.15, 0.2) is 6.23 Å². The van der Waals surface area contributed by atoms with Crippen LogP contribution in [0, 0.1) is 3.70 Å². The first-order valence-corrected chi connectivity index (χ1v) is 9.34. The van der Waals surface area contributed by atoms with Crippen molar-refractivity contribution in [1.29, 1.82) is 0 Å².